The summed E-state index contributed by atoms with van der Waals surface area (Å²) in [5.41, 5.74) is 0. The molecular formula is C12H22N2O3. The molecule has 0 aromatic carbocycles. The molecule has 0 saturated carbocycles. The molecule has 5 heteroatoms. The average Bonchev–Trinajstić information content (AvgIpc) is 2.25. The molecule has 1 heterocycles. The molecule has 2 atom stereocenters. The first-order chi connectivity index (χ1) is 8.00. The van der Waals surface area contributed by atoms with Gasteiger partial charge in [-0.3, -0.25) is 4.79 Å². The molecule has 1 rings (SSSR count). The number of nitrogens with zero attached hydrogens (tertiary/aromatic N) is 1. The first-order valence-electron chi connectivity index (χ1n) is 6.27. The third-order valence-electron chi connectivity index (χ3n) is 3.19. The van der Waals surface area contributed by atoms with E-state index in [0.29, 0.717) is 12.6 Å². The number of amides is 2. The number of carbonyl (C=O) groups is 2. The number of hydrogen-bond donors (Lipinski definition) is 2. The Morgan fingerprint density at radius 2 is 2.18 bits per heavy atom. The van der Waals surface area contributed by atoms with Crippen LogP contribution in [0.3, 0.4) is 0 Å². The molecule has 98 valence electrons. The van der Waals surface area contributed by atoms with Crippen molar-refractivity contribution in [3.63, 3.8) is 0 Å². The van der Waals surface area contributed by atoms with Gasteiger partial charge < -0.3 is 15.3 Å². The Balaban J connectivity index is 2.30. The first kappa shape index (κ1) is 13.8. The zero-order chi connectivity index (χ0) is 12.8. The van der Waals surface area contributed by atoms with E-state index >= 15 is 0 Å². The minimum atomic E-state index is -0.821. The highest BCUT2D eigenvalue weighted by atomic mass is 16.4. The molecule has 2 N–H and O–H groups in total. The number of urea groups is 1. The van der Waals surface area contributed by atoms with Crippen molar-refractivity contribution in [1.29, 1.82) is 0 Å². The second-order valence-electron chi connectivity index (χ2n) is 4.93. The quantitative estimate of drug-likeness (QED) is 0.788. The van der Waals surface area contributed by atoms with Crippen molar-refractivity contribution in [3.05, 3.63) is 0 Å². The van der Waals surface area contributed by atoms with Gasteiger partial charge in [-0.1, -0.05) is 6.92 Å². The molecule has 2 amide bonds. The van der Waals surface area contributed by atoms with Gasteiger partial charge in [0.25, 0.3) is 0 Å². The molecule has 1 fully saturated rings. The van der Waals surface area contributed by atoms with Crippen LogP contribution >= 0.6 is 0 Å². The Hall–Kier alpha value is -1.26. The first-order valence-corrected chi connectivity index (χ1v) is 6.27. The van der Waals surface area contributed by atoms with Crippen LogP contribution < -0.4 is 5.32 Å². The van der Waals surface area contributed by atoms with Crippen molar-refractivity contribution in [1.82, 2.24) is 10.2 Å². The van der Waals surface area contributed by atoms with Crippen molar-refractivity contribution in [2.45, 2.75) is 45.6 Å². The predicted octanol–water partition coefficient (Wildman–Crippen LogP) is 1.68. The number of rotatable bonds is 4. The van der Waals surface area contributed by atoms with Crippen LogP contribution in [-0.2, 0) is 4.79 Å². The number of hydrogen-bond acceptors (Lipinski definition) is 2. The maximum atomic E-state index is 11.9. The van der Waals surface area contributed by atoms with Gasteiger partial charge >= 0.3 is 12.0 Å². The van der Waals surface area contributed by atoms with Crippen molar-refractivity contribution >= 4 is 12.0 Å². The minimum Gasteiger partial charge on any atom is -0.481 e. The fourth-order valence-electron chi connectivity index (χ4n) is 2.13. The van der Waals surface area contributed by atoms with E-state index in [1.807, 2.05) is 11.8 Å². The van der Waals surface area contributed by atoms with Gasteiger partial charge in [0.15, 0.2) is 0 Å². The number of carboxylic acids is 1. The van der Waals surface area contributed by atoms with Gasteiger partial charge in [-0.25, -0.2) is 4.79 Å². The van der Waals surface area contributed by atoms with Crippen molar-refractivity contribution in [2.75, 3.05) is 13.1 Å². The van der Waals surface area contributed by atoms with E-state index in [4.69, 9.17) is 5.11 Å². The third kappa shape index (κ3) is 4.63. The van der Waals surface area contributed by atoms with E-state index in [1.165, 1.54) is 6.42 Å². The normalized spacial score (nSPS) is 22.0. The molecular weight excluding hydrogens is 220 g/mol. The molecule has 0 aliphatic carbocycles. The van der Waals surface area contributed by atoms with Crippen LogP contribution in [0.25, 0.3) is 0 Å². The molecule has 1 saturated heterocycles. The number of carbonyl (C=O) groups excluding carboxylic acids is 1. The van der Waals surface area contributed by atoms with Gasteiger partial charge in [0, 0.05) is 25.6 Å². The van der Waals surface area contributed by atoms with E-state index < -0.39 is 5.97 Å². The second-order valence-corrected chi connectivity index (χ2v) is 4.93. The van der Waals surface area contributed by atoms with E-state index in [9.17, 15) is 9.59 Å². The number of nitrogens with one attached hydrogen (secondary N) is 1. The van der Waals surface area contributed by atoms with Crippen LogP contribution in [-0.4, -0.2) is 41.1 Å². The molecule has 0 aromatic heterocycles. The maximum absolute atomic E-state index is 11.9. The van der Waals surface area contributed by atoms with E-state index in [2.05, 4.69) is 12.2 Å². The Kier molecular flexibility index (Phi) is 5.25. The van der Waals surface area contributed by atoms with Gasteiger partial charge in [0.05, 0.1) is 0 Å². The molecule has 1 aliphatic heterocycles. The lowest BCUT2D eigenvalue weighted by Crippen LogP contribution is -2.48. The summed E-state index contributed by atoms with van der Waals surface area (Å²) in [7, 11) is 0. The Bertz CT molecular complexity index is 281. The highest BCUT2D eigenvalue weighted by Gasteiger charge is 2.23. The topological polar surface area (TPSA) is 69.6 Å². The van der Waals surface area contributed by atoms with Crippen molar-refractivity contribution < 1.29 is 14.7 Å². The summed E-state index contributed by atoms with van der Waals surface area (Å²) >= 11 is 0. The zero-order valence-electron chi connectivity index (χ0n) is 10.6. The predicted molar refractivity (Wildman–Crippen MR) is 64.8 cm³/mol. The summed E-state index contributed by atoms with van der Waals surface area (Å²) in [4.78, 5) is 24.2. The van der Waals surface area contributed by atoms with Crippen LogP contribution in [0.5, 0.6) is 0 Å². The molecule has 0 spiro atoms. The average molecular weight is 242 g/mol. The molecule has 1 aliphatic rings. The van der Waals surface area contributed by atoms with Gasteiger partial charge in [0.1, 0.15) is 0 Å². The largest absolute Gasteiger partial charge is 0.481 e. The molecule has 2 unspecified atom stereocenters. The Morgan fingerprint density at radius 3 is 2.76 bits per heavy atom. The maximum Gasteiger partial charge on any atom is 0.317 e. The SMILES string of the molecule is CC(CNC(=O)N1CCCCC1C)CC(=O)O. The number of carboxylic acid groups (broad SMARTS) is 1. The number of aliphatic carboxylic acids is 1. The second kappa shape index (κ2) is 6.47. The lowest BCUT2D eigenvalue weighted by atomic mass is 10.0. The summed E-state index contributed by atoms with van der Waals surface area (Å²) < 4.78 is 0. The third-order valence-corrected chi connectivity index (χ3v) is 3.19. The van der Waals surface area contributed by atoms with Crippen LogP contribution in [0.15, 0.2) is 0 Å². The van der Waals surface area contributed by atoms with Crippen LogP contribution in [0, 0.1) is 5.92 Å². The smallest absolute Gasteiger partial charge is 0.317 e. The lowest BCUT2D eigenvalue weighted by molar-refractivity contribution is -0.137. The van der Waals surface area contributed by atoms with Gasteiger partial charge in [-0.2, -0.15) is 0 Å². The summed E-state index contributed by atoms with van der Waals surface area (Å²) in [6.45, 7) is 5.11. The highest BCUT2D eigenvalue weighted by molar-refractivity contribution is 5.74. The van der Waals surface area contributed by atoms with Crippen LogP contribution in [0.1, 0.15) is 39.5 Å². The zero-order valence-corrected chi connectivity index (χ0v) is 10.6. The van der Waals surface area contributed by atoms with Crippen molar-refractivity contribution in [3.8, 4) is 0 Å². The number of likely N-dealkylation sites (tertiary alicyclic amines) is 1. The number of piperidine rings is 1. The Labute approximate surface area is 102 Å². The fraction of sp³-hybridized carbons (Fsp3) is 0.833. The van der Waals surface area contributed by atoms with Gasteiger partial charge in [0.2, 0.25) is 0 Å². The van der Waals surface area contributed by atoms with E-state index in [1.54, 1.807) is 0 Å². The van der Waals surface area contributed by atoms with Crippen molar-refractivity contribution in [2.24, 2.45) is 5.92 Å². The molecule has 0 aromatic rings. The summed E-state index contributed by atoms with van der Waals surface area (Å²) in [6, 6.07) is 0.230. The fourth-order valence-corrected chi connectivity index (χ4v) is 2.13. The van der Waals surface area contributed by atoms with Crippen LogP contribution in [0.4, 0.5) is 4.79 Å². The monoisotopic (exact) mass is 242 g/mol. The van der Waals surface area contributed by atoms with Crippen LogP contribution in [0.2, 0.25) is 0 Å². The molecule has 5 nitrogen and oxygen atoms in total. The summed E-state index contributed by atoms with van der Waals surface area (Å²) in [5.74, 6) is -0.852. The molecule has 0 radical (unpaired) electrons. The Morgan fingerprint density at radius 1 is 1.47 bits per heavy atom. The van der Waals surface area contributed by atoms with E-state index in [-0.39, 0.29) is 18.4 Å². The minimum absolute atomic E-state index is 0.0310. The molecule has 17 heavy (non-hydrogen) atoms. The summed E-state index contributed by atoms with van der Waals surface area (Å²) in [5, 5.41) is 11.4. The molecule has 0 bridgehead atoms. The standard InChI is InChI=1S/C12H22N2O3/c1-9(7-11(15)16)8-13-12(17)14-6-4-3-5-10(14)2/h9-10H,3-8H2,1-2H3,(H,13,17)(H,15,16). The van der Waals surface area contributed by atoms with Gasteiger partial charge in [-0.05, 0) is 32.1 Å². The lowest BCUT2D eigenvalue weighted by Gasteiger charge is -2.33. The van der Waals surface area contributed by atoms with Gasteiger partial charge in [-0.15, -0.1) is 0 Å². The van der Waals surface area contributed by atoms with E-state index in [0.717, 1.165) is 19.4 Å². The highest BCUT2D eigenvalue weighted by Crippen LogP contribution is 2.16. The summed E-state index contributed by atoms with van der Waals surface area (Å²) in [6.07, 6.45) is 3.39.